The van der Waals surface area contributed by atoms with Crippen LogP contribution in [-0.2, 0) is 6.54 Å². The van der Waals surface area contributed by atoms with Crippen LogP contribution >= 0.6 is 11.3 Å². The van der Waals surface area contributed by atoms with Crippen molar-refractivity contribution in [3.05, 3.63) is 89.5 Å². The Balaban J connectivity index is 1.70. The Kier molecular flexibility index (Phi) is 5.30. The van der Waals surface area contributed by atoms with Gasteiger partial charge in [0.25, 0.3) is 5.91 Å². The fourth-order valence-electron chi connectivity index (χ4n) is 2.64. The Bertz CT molecular complexity index is 1140. The Labute approximate surface area is 168 Å². The summed E-state index contributed by atoms with van der Waals surface area (Å²) < 4.78 is 27.8. The molecule has 1 amide bonds. The average Bonchev–Trinajstić information content (AvgIpc) is 3.24. The molecule has 4 aromatic rings. The molecule has 0 bridgehead atoms. The van der Waals surface area contributed by atoms with E-state index < -0.39 is 17.5 Å². The third kappa shape index (κ3) is 4.14. The SMILES string of the molecule is O=C(c1csc(-c2ncccn2)n1)N(Cc1ccccn1)c1ccc(F)cc1F. The molecule has 6 nitrogen and oxygen atoms in total. The molecule has 0 aliphatic rings. The van der Waals surface area contributed by atoms with Crippen molar-refractivity contribution >= 4 is 22.9 Å². The van der Waals surface area contributed by atoms with E-state index >= 15 is 0 Å². The van der Waals surface area contributed by atoms with Gasteiger partial charge in [0.2, 0.25) is 0 Å². The van der Waals surface area contributed by atoms with Crippen LogP contribution in [0.15, 0.2) is 66.4 Å². The van der Waals surface area contributed by atoms with Gasteiger partial charge in [0, 0.05) is 30.0 Å². The van der Waals surface area contributed by atoms with Crippen LogP contribution < -0.4 is 4.90 Å². The largest absolute Gasteiger partial charge is 0.298 e. The lowest BCUT2D eigenvalue weighted by molar-refractivity contribution is 0.0980. The summed E-state index contributed by atoms with van der Waals surface area (Å²) in [5.41, 5.74) is 0.594. The zero-order valence-electron chi connectivity index (χ0n) is 14.9. The topological polar surface area (TPSA) is 71.9 Å². The Morgan fingerprint density at radius 1 is 1.00 bits per heavy atom. The predicted molar refractivity (Wildman–Crippen MR) is 104 cm³/mol. The first-order chi connectivity index (χ1) is 14.1. The molecule has 0 radical (unpaired) electrons. The summed E-state index contributed by atoms with van der Waals surface area (Å²) in [6.07, 6.45) is 4.73. The summed E-state index contributed by atoms with van der Waals surface area (Å²) in [5, 5.41) is 2.02. The summed E-state index contributed by atoms with van der Waals surface area (Å²) >= 11 is 1.20. The molecule has 0 N–H and O–H groups in total. The van der Waals surface area contributed by atoms with E-state index in [9.17, 15) is 13.6 Å². The molecular formula is C20H13F2N5OS. The van der Waals surface area contributed by atoms with E-state index in [4.69, 9.17) is 0 Å². The third-order valence-corrected chi connectivity index (χ3v) is 4.81. The van der Waals surface area contributed by atoms with Gasteiger partial charge < -0.3 is 0 Å². The molecular weight excluding hydrogens is 396 g/mol. The summed E-state index contributed by atoms with van der Waals surface area (Å²) in [6.45, 7) is -0.00305. The van der Waals surface area contributed by atoms with Crippen LogP contribution in [0.3, 0.4) is 0 Å². The van der Waals surface area contributed by atoms with Crippen molar-refractivity contribution in [1.29, 1.82) is 0 Å². The lowest BCUT2D eigenvalue weighted by Crippen LogP contribution is -2.31. The van der Waals surface area contributed by atoms with E-state index in [1.807, 2.05) is 0 Å². The highest BCUT2D eigenvalue weighted by atomic mass is 32.1. The molecule has 144 valence electrons. The van der Waals surface area contributed by atoms with Crippen molar-refractivity contribution in [1.82, 2.24) is 19.9 Å². The lowest BCUT2D eigenvalue weighted by atomic mass is 10.2. The quantitative estimate of drug-likeness (QED) is 0.496. The van der Waals surface area contributed by atoms with Crippen molar-refractivity contribution in [2.45, 2.75) is 6.54 Å². The molecule has 0 saturated carbocycles. The van der Waals surface area contributed by atoms with Crippen LogP contribution in [0.5, 0.6) is 0 Å². The maximum absolute atomic E-state index is 14.5. The van der Waals surface area contributed by atoms with Crippen LogP contribution in [0.2, 0.25) is 0 Å². The molecule has 3 heterocycles. The second kappa shape index (κ2) is 8.19. The molecule has 1 aromatic carbocycles. The van der Waals surface area contributed by atoms with Gasteiger partial charge in [0.1, 0.15) is 17.3 Å². The highest BCUT2D eigenvalue weighted by Gasteiger charge is 2.24. The zero-order valence-corrected chi connectivity index (χ0v) is 15.7. The number of halogens is 2. The highest BCUT2D eigenvalue weighted by molar-refractivity contribution is 7.13. The maximum Gasteiger partial charge on any atom is 0.278 e. The average molecular weight is 409 g/mol. The van der Waals surface area contributed by atoms with Crippen LogP contribution in [0, 0.1) is 11.6 Å². The highest BCUT2D eigenvalue weighted by Crippen LogP contribution is 2.26. The molecule has 0 spiro atoms. The normalized spacial score (nSPS) is 10.7. The van der Waals surface area contributed by atoms with Gasteiger partial charge in [-0.05, 0) is 30.3 Å². The minimum atomic E-state index is -0.851. The smallest absolute Gasteiger partial charge is 0.278 e. The standard InChI is InChI=1S/C20H13F2N5OS/c21-13-5-6-17(15(22)10-13)27(11-14-4-1-2-7-23-14)20(28)16-12-29-19(26-16)18-24-8-3-9-25-18/h1-10,12H,11H2. The number of rotatable bonds is 5. The van der Waals surface area contributed by atoms with Gasteiger partial charge >= 0.3 is 0 Å². The molecule has 9 heteroatoms. The van der Waals surface area contributed by atoms with Crippen molar-refractivity contribution < 1.29 is 13.6 Å². The van der Waals surface area contributed by atoms with Gasteiger partial charge in [0.05, 0.1) is 17.9 Å². The second-order valence-corrected chi connectivity index (χ2v) is 6.78. The number of aromatic nitrogens is 4. The summed E-state index contributed by atoms with van der Waals surface area (Å²) in [6, 6.07) is 9.94. The first-order valence-corrected chi connectivity index (χ1v) is 9.39. The molecule has 0 aliphatic carbocycles. The van der Waals surface area contributed by atoms with E-state index in [0.29, 0.717) is 16.5 Å². The van der Waals surface area contributed by atoms with Gasteiger partial charge in [-0.3, -0.25) is 14.7 Å². The summed E-state index contributed by atoms with van der Waals surface area (Å²) in [4.78, 5) is 31.1. The van der Waals surface area contributed by atoms with Gasteiger partial charge in [-0.2, -0.15) is 0 Å². The molecule has 0 saturated heterocycles. The number of pyridine rings is 1. The molecule has 0 aliphatic heterocycles. The molecule has 29 heavy (non-hydrogen) atoms. The van der Waals surface area contributed by atoms with Crippen LogP contribution in [0.4, 0.5) is 14.5 Å². The molecule has 3 aromatic heterocycles. The van der Waals surface area contributed by atoms with Crippen molar-refractivity contribution in [3.63, 3.8) is 0 Å². The number of hydrogen-bond donors (Lipinski definition) is 0. The van der Waals surface area contributed by atoms with Crippen molar-refractivity contribution in [2.24, 2.45) is 0 Å². The molecule has 4 rings (SSSR count). The Hall–Kier alpha value is -3.59. The lowest BCUT2D eigenvalue weighted by Gasteiger charge is -2.22. The van der Waals surface area contributed by atoms with E-state index in [-0.39, 0.29) is 17.9 Å². The minimum Gasteiger partial charge on any atom is -0.298 e. The Morgan fingerprint density at radius 3 is 2.52 bits per heavy atom. The molecule has 0 atom stereocenters. The van der Waals surface area contributed by atoms with E-state index in [1.54, 1.807) is 48.2 Å². The fraction of sp³-hybridized carbons (Fsp3) is 0.0500. The molecule has 0 unspecified atom stereocenters. The summed E-state index contributed by atoms with van der Waals surface area (Å²) in [5.74, 6) is -1.73. The first-order valence-electron chi connectivity index (χ1n) is 8.51. The van der Waals surface area contributed by atoms with Gasteiger partial charge in [-0.1, -0.05) is 6.07 Å². The van der Waals surface area contributed by atoms with Gasteiger partial charge in [-0.25, -0.2) is 23.7 Å². The van der Waals surface area contributed by atoms with Gasteiger partial charge in [-0.15, -0.1) is 11.3 Å². The van der Waals surface area contributed by atoms with E-state index in [1.165, 1.54) is 22.3 Å². The number of nitrogens with zero attached hydrogens (tertiary/aromatic N) is 5. The number of carbonyl (C=O) groups excluding carboxylic acids is 1. The van der Waals surface area contributed by atoms with E-state index in [0.717, 1.165) is 12.1 Å². The zero-order chi connectivity index (χ0) is 20.2. The first kappa shape index (κ1) is 18.8. The van der Waals surface area contributed by atoms with Crippen molar-refractivity contribution in [2.75, 3.05) is 4.90 Å². The van der Waals surface area contributed by atoms with Crippen LogP contribution in [0.1, 0.15) is 16.2 Å². The predicted octanol–water partition coefficient (Wildman–Crippen LogP) is 4.12. The molecule has 0 fully saturated rings. The number of amides is 1. The Morgan fingerprint density at radius 2 is 1.79 bits per heavy atom. The van der Waals surface area contributed by atoms with Crippen molar-refractivity contribution in [3.8, 4) is 10.8 Å². The minimum absolute atomic E-state index is 0.00305. The van der Waals surface area contributed by atoms with E-state index in [2.05, 4.69) is 19.9 Å². The maximum atomic E-state index is 14.5. The third-order valence-electron chi connectivity index (χ3n) is 3.97. The van der Waals surface area contributed by atoms with Crippen LogP contribution in [-0.4, -0.2) is 25.8 Å². The summed E-state index contributed by atoms with van der Waals surface area (Å²) in [7, 11) is 0. The van der Waals surface area contributed by atoms with Gasteiger partial charge in [0.15, 0.2) is 10.8 Å². The number of benzene rings is 1. The number of hydrogen-bond acceptors (Lipinski definition) is 6. The number of carbonyl (C=O) groups is 1. The number of anilines is 1. The second-order valence-electron chi connectivity index (χ2n) is 5.92. The van der Waals surface area contributed by atoms with Crippen LogP contribution in [0.25, 0.3) is 10.8 Å². The number of thiazole rings is 1. The fourth-order valence-corrected chi connectivity index (χ4v) is 3.38. The monoisotopic (exact) mass is 409 g/mol.